The Bertz CT molecular complexity index is 449. The summed E-state index contributed by atoms with van der Waals surface area (Å²) >= 11 is 0. The van der Waals surface area contributed by atoms with Crippen molar-refractivity contribution in [1.29, 1.82) is 0 Å². The molecule has 0 aliphatic carbocycles. The van der Waals surface area contributed by atoms with Crippen LogP contribution in [0.25, 0.3) is 0 Å². The summed E-state index contributed by atoms with van der Waals surface area (Å²) in [7, 11) is 0. The van der Waals surface area contributed by atoms with Gasteiger partial charge in [-0.25, -0.2) is 0 Å². The van der Waals surface area contributed by atoms with E-state index in [-0.39, 0.29) is 5.56 Å². The Balaban J connectivity index is 1.80. The van der Waals surface area contributed by atoms with Gasteiger partial charge >= 0.3 is 0 Å². The Morgan fingerprint density at radius 3 is 2.32 bits per heavy atom. The van der Waals surface area contributed by atoms with Crippen molar-refractivity contribution in [2.45, 2.75) is 19.9 Å². The third kappa shape index (κ3) is 4.08. The zero-order valence-corrected chi connectivity index (χ0v) is 11.7. The molecule has 2 heterocycles. The number of hydrogen-bond acceptors (Lipinski definition) is 4. The zero-order valence-electron chi connectivity index (χ0n) is 11.7. The first-order valence-corrected chi connectivity index (χ1v) is 7.09. The number of pyridine rings is 1. The summed E-state index contributed by atoms with van der Waals surface area (Å²) in [5, 5.41) is 0. The molecule has 1 aromatic heterocycles. The predicted octanol–water partition coefficient (Wildman–Crippen LogP) is 0.458. The molecule has 5 nitrogen and oxygen atoms in total. The van der Waals surface area contributed by atoms with Crippen molar-refractivity contribution >= 4 is 5.69 Å². The lowest BCUT2D eigenvalue weighted by atomic mass is 10.3. The summed E-state index contributed by atoms with van der Waals surface area (Å²) in [6.45, 7) is 9.52. The van der Waals surface area contributed by atoms with Crippen molar-refractivity contribution in [3.63, 3.8) is 0 Å². The van der Waals surface area contributed by atoms with E-state index in [0.717, 1.165) is 39.3 Å². The van der Waals surface area contributed by atoms with Crippen molar-refractivity contribution in [2.75, 3.05) is 45.0 Å². The predicted molar refractivity (Wildman–Crippen MR) is 78.3 cm³/mol. The number of nitrogens with zero attached hydrogens (tertiary/aromatic N) is 3. The fraction of sp³-hybridized carbons (Fsp3) is 0.643. The molecule has 106 valence electrons. The molecule has 0 atom stereocenters. The molecule has 0 aromatic carbocycles. The second kappa shape index (κ2) is 6.73. The van der Waals surface area contributed by atoms with Crippen molar-refractivity contribution in [3.8, 4) is 0 Å². The minimum atomic E-state index is 0.0267. The molecule has 2 rings (SSSR count). The van der Waals surface area contributed by atoms with E-state index in [1.165, 1.54) is 19.0 Å². The normalized spacial score (nSPS) is 17.7. The lowest BCUT2D eigenvalue weighted by Gasteiger charge is -2.34. The van der Waals surface area contributed by atoms with Gasteiger partial charge in [-0.3, -0.25) is 9.69 Å². The van der Waals surface area contributed by atoms with Gasteiger partial charge in [0.15, 0.2) is 0 Å². The van der Waals surface area contributed by atoms with Crippen LogP contribution in [0.2, 0.25) is 0 Å². The minimum Gasteiger partial charge on any atom is -0.398 e. The quantitative estimate of drug-likeness (QED) is 0.839. The summed E-state index contributed by atoms with van der Waals surface area (Å²) in [6, 6.07) is 3.19. The van der Waals surface area contributed by atoms with E-state index in [9.17, 15) is 4.79 Å². The number of nitrogen functional groups attached to an aromatic ring is 1. The van der Waals surface area contributed by atoms with Crippen LogP contribution in [0.1, 0.15) is 13.3 Å². The summed E-state index contributed by atoms with van der Waals surface area (Å²) in [4.78, 5) is 16.6. The Labute approximate surface area is 114 Å². The molecular formula is C14H24N4O. The molecule has 1 aromatic rings. The lowest BCUT2D eigenvalue weighted by molar-refractivity contribution is 0.129. The van der Waals surface area contributed by atoms with Gasteiger partial charge in [-0.1, -0.05) is 6.92 Å². The maximum atomic E-state index is 11.7. The first kappa shape index (κ1) is 14.1. The molecule has 1 aliphatic rings. The highest BCUT2D eigenvalue weighted by molar-refractivity contribution is 5.33. The van der Waals surface area contributed by atoms with E-state index < -0.39 is 0 Å². The largest absolute Gasteiger partial charge is 0.398 e. The average molecular weight is 264 g/mol. The SMILES string of the molecule is CCCN1CCN(CCn2cc(N)ccc2=O)CC1. The summed E-state index contributed by atoms with van der Waals surface area (Å²) in [5.41, 5.74) is 6.38. The number of aromatic nitrogens is 1. The van der Waals surface area contributed by atoms with Crippen molar-refractivity contribution in [1.82, 2.24) is 14.4 Å². The first-order valence-electron chi connectivity index (χ1n) is 7.09. The van der Waals surface area contributed by atoms with Crippen LogP contribution in [0.5, 0.6) is 0 Å². The highest BCUT2D eigenvalue weighted by Gasteiger charge is 2.15. The zero-order chi connectivity index (χ0) is 13.7. The van der Waals surface area contributed by atoms with E-state index >= 15 is 0 Å². The highest BCUT2D eigenvalue weighted by Crippen LogP contribution is 2.03. The van der Waals surface area contributed by atoms with Gasteiger partial charge in [-0.15, -0.1) is 0 Å². The minimum absolute atomic E-state index is 0.0267. The van der Waals surface area contributed by atoms with Crippen LogP contribution in [0.4, 0.5) is 5.69 Å². The molecule has 0 unspecified atom stereocenters. The van der Waals surface area contributed by atoms with Crippen molar-refractivity contribution < 1.29 is 0 Å². The molecule has 0 saturated carbocycles. The van der Waals surface area contributed by atoms with Crippen molar-refractivity contribution in [2.24, 2.45) is 0 Å². The third-order valence-electron chi connectivity index (χ3n) is 3.67. The van der Waals surface area contributed by atoms with Crippen LogP contribution < -0.4 is 11.3 Å². The van der Waals surface area contributed by atoms with Gasteiger partial charge in [0.25, 0.3) is 5.56 Å². The van der Waals surface area contributed by atoms with Crippen LogP contribution in [-0.4, -0.2) is 53.6 Å². The first-order chi connectivity index (χ1) is 9.19. The number of piperazine rings is 1. The monoisotopic (exact) mass is 264 g/mol. The number of hydrogen-bond donors (Lipinski definition) is 1. The lowest BCUT2D eigenvalue weighted by Crippen LogP contribution is -2.47. The number of anilines is 1. The molecule has 1 fully saturated rings. The van der Waals surface area contributed by atoms with Gasteiger partial charge in [0.2, 0.25) is 0 Å². The van der Waals surface area contributed by atoms with Crippen LogP contribution in [-0.2, 0) is 6.54 Å². The molecule has 0 amide bonds. The summed E-state index contributed by atoms with van der Waals surface area (Å²) in [5.74, 6) is 0. The van der Waals surface area contributed by atoms with Gasteiger partial charge < -0.3 is 15.2 Å². The average Bonchev–Trinajstić information content (AvgIpc) is 2.42. The van der Waals surface area contributed by atoms with E-state index in [4.69, 9.17) is 5.73 Å². The van der Waals surface area contributed by atoms with Crippen LogP contribution in [0.15, 0.2) is 23.1 Å². The van der Waals surface area contributed by atoms with E-state index in [1.807, 2.05) is 0 Å². The Kier molecular flexibility index (Phi) is 4.99. The van der Waals surface area contributed by atoms with Gasteiger partial charge in [0.1, 0.15) is 0 Å². The molecule has 19 heavy (non-hydrogen) atoms. The molecule has 0 bridgehead atoms. The van der Waals surface area contributed by atoms with Crippen molar-refractivity contribution in [3.05, 3.63) is 28.7 Å². The molecule has 5 heteroatoms. The Morgan fingerprint density at radius 2 is 1.68 bits per heavy atom. The second-order valence-corrected chi connectivity index (χ2v) is 5.18. The smallest absolute Gasteiger partial charge is 0.250 e. The van der Waals surface area contributed by atoms with Gasteiger partial charge in [-0.05, 0) is 19.0 Å². The topological polar surface area (TPSA) is 54.5 Å². The van der Waals surface area contributed by atoms with Gasteiger partial charge in [-0.2, -0.15) is 0 Å². The fourth-order valence-electron chi connectivity index (χ4n) is 2.53. The summed E-state index contributed by atoms with van der Waals surface area (Å²) in [6.07, 6.45) is 2.95. The van der Waals surface area contributed by atoms with Crippen LogP contribution in [0.3, 0.4) is 0 Å². The molecule has 2 N–H and O–H groups in total. The fourth-order valence-corrected chi connectivity index (χ4v) is 2.53. The van der Waals surface area contributed by atoms with E-state index in [2.05, 4.69) is 16.7 Å². The molecule has 0 spiro atoms. The third-order valence-corrected chi connectivity index (χ3v) is 3.67. The van der Waals surface area contributed by atoms with Crippen LogP contribution >= 0.6 is 0 Å². The maximum absolute atomic E-state index is 11.7. The number of nitrogens with two attached hydrogens (primary N) is 1. The standard InChI is InChI=1S/C14H24N4O/c1-2-5-16-6-8-17(9-7-16)10-11-18-12-13(15)3-4-14(18)19/h3-4,12H,2,5-11,15H2,1H3. The molecule has 1 aliphatic heterocycles. The molecular weight excluding hydrogens is 240 g/mol. The molecule has 1 saturated heterocycles. The van der Waals surface area contributed by atoms with E-state index in [1.54, 1.807) is 16.8 Å². The van der Waals surface area contributed by atoms with Gasteiger partial charge in [0, 0.05) is 57.2 Å². The highest BCUT2D eigenvalue weighted by atomic mass is 16.1. The van der Waals surface area contributed by atoms with E-state index in [0.29, 0.717) is 5.69 Å². The molecule has 0 radical (unpaired) electrons. The maximum Gasteiger partial charge on any atom is 0.250 e. The Hall–Kier alpha value is -1.33. The van der Waals surface area contributed by atoms with Gasteiger partial charge in [0.05, 0.1) is 0 Å². The Morgan fingerprint density at radius 1 is 1.05 bits per heavy atom. The summed E-state index contributed by atoms with van der Waals surface area (Å²) < 4.78 is 1.70. The van der Waals surface area contributed by atoms with Crippen LogP contribution in [0, 0.1) is 0 Å². The second-order valence-electron chi connectivity index (χ2n) is 5.18. The number of rotatable bonds is 5.